The van der Waals surface area contributed by atoms with Gasteiger partial charge in [0.2, 0.25) is 0 Å². The zero-order valence-electron chi connectivity index (χ0n) is 13.6. The third kappa shape index (κ3) is 3.44. The largest absolute Gasteiger partial charge is 0.368 e. The van der Waals surface area contributed by atoms with Crippen molar-refractivity contribution in [1.82, 2.24) is 0 Å². The van der Waals surface area contributed by atoms with Crippen LogP contribution in [0.4, 0.5) is 11.4 Å². The molecular formula is C18H22N2O4. The minimum atomic E-state index is -0.0457. The highest BCUT2D eigenvalue weighted by atomic mass is 16.5. The molecule has 2 fully saturated rings. The molecule has 1 aliphatic heterocycles. The lowest BCUT2D eigenvalue weighted by Crippen LogP contribution is -2.48. The fraction of sp³-hybridized carbons (Fsp3) is 0.556. The van der Waals surface area contributed by atoms with Gasteiger partial charge in [-0.1, -0.05) is 12.1 Å². The maximum atomic E-state index is 12.5. The van der Waals surface area contributed by atoms with Crippen molar-refractivity contribution >= 4 is 23.2 Å². The average molecular weight is 330 g/mol. The van der Waals surface area contributed by atoms with Gasteiger partial charge in [0.25, 0.3) is 11.8 Å². The van der Waals surface area contributed by atoms with E-state index in [1.54, 1.807) is 9.80 Å². The Hall–Kier alpha value is -1.92. The second kappa shape index (κ2) is 6.53. The van der Waals surface area contributed by atoms with E-state index in [1.807, 2.05) is 24.3 Å². The normalized spacial score (nSPS) is 20.0. The highest BCUT2D eigenvalue weighted by Crippen LogP contribution is 2.33. The van der Waals surface area contributed by atoms with E-state index in [4.69, 9.17) is 9.47 Å². The zero-order chi connectivity index (χ0) is 16.5. The zero-order valence-corrected chi connectivity index (χ0v) is 13.6. The summed E-state index contributed by atoms with van der Waals surface area (Å²) in [4.78, 5) is 28.4. The quantitative estimate of drug-likeness (QED) is 0.797. The number of amides is 2. The molecular weight excluding hydrogens is 308 g/mol. The molecule has 0 aromatic heterocycles. The van der Waals surface area contributed by atoms with E-state index < -0.39 is 0 Å². The predicted octanol–water partition coefficient (Wildman–Crippen LogP) is 1.72. The van der Waals surface area contributed by atoms with Crippen LogP contribution in [-0.4, -0.2) is 50.3 Å². The number of benzene rings is 1. The Morgan fingerprint density at radius 1 is 0.833 bits per heavy atom. The molecule has 0 N–H and O–H groups in total. The van der Waals surface area contributed by atoms with E-state index in [9.17, 15) is 9.59 Å². The lowest BCUT2D eigenvalue weighted by Gasteiger charge is -2.36. The first kappa shape index (κ1) is 15.6. The molecule has 0 unspecified atom stereocenters. The van der Waals surface area contributed by atoms with E-state index in [1.165, 1.54) is 0 Å². The third-order valence-electron chi connectivity index (χ3n) is 4.55. The van der Waals surface area contributed by atoms with E-state index in [0.717, 1.165) is 37.1 Å². The monoisotopic (exact) mass is 330 g/mol. The van der Waals surface area contributed by atoms with Crippen molar-refractivity contribution in [2.75, 3.05) is 36.1 Å². The SMILES string of the molecule is O=C(COC1CC1)N1CCN(C(=O)COC2CC2)c2ccccc21. The number of ether oxygens (including phenoxy) is 2. The number of hydrogen-bond donors (Lipinski definition) is 0. The summed E-state index contributed by atoms with van der Waals surface area (Å²) in [6.07, 6.45) is 4.71. The Balaban J connectivity index is 1.46. The van der Waals surface area contributed by atoms with Gasteiger partial charge in [-0.25, -0.2) is 0 Å². The summed E-state index contributed by atoms with van der Waals surface area (Å²) in [5, 5.41) is 0. The van der Waals surface area contributed by atoms with Gasteiger partial charge in [-0.05, 0) is 37.8 Å². The average Bonchev–Trinajstić information content (AvgIpc) is 3.51. The van der Waals surface area contributed by atoms with E-state index in [-0.39, 0.29) is 37.2 Å². The molecule has 0 bridgehead atoms. The number of rotatable bonds is 6. The number of hydrogen-bond acceptors (Lipinski definition) is 4. The van der Waals surface area contributed by atoms with Crippen LogP contribution in [0.1, 0.15) is 25.7 Å². The molecule has 1 heterocycles. The van der Waals surface area contributed by atoms with Gasteiger partial charge in [-0.3, -0.25) is 9.59 Å². The van der Waals surface area contributed by atoms with Crippen LogP contribution >= 0.6 is 0 Å². The molecule has 4 rings (SSSR count). The molecule has 3 aliphatic rings. The highest BCUT2D eigenvalue weighted by Gasteiger charge is 2.32. The topological polar surface area (TPSA) is 59.1 Å². The summed E-state index contributed by atoms with van der Waals surface area (Å²) in [7, 11) is 0. The summed E-state index contributed by atoms with van der Waals surface area (Å²) < 4.78 is 11.1. The first-order valence-electron chi connectivity index (χ1n) is 8.65. The van der Waals surface area contributed by atoms with Crippen molar-refractivity contribution in [2.24, 2.45) is 0 Å². The Bertz CT molecular complexity index is 585. The molecule has 24 heavy (non-hydrogen) atoms. The number of anilines is 2. The fourth-order valence-corrected chi connectivity index (χ4v) is 2.88. The van der Waals surface area contributed by atoms with Gasteiger partial charge in [-0.15, -0.1) is 0 Å². The van der Waals surface area contributed by atoms with Crippen LogP contribution in [0.3, 0.4) is 0 Å². The van der Waals surface area contributed by atoms with Gasteiger partial charge in [0, 0.05) is 13.1 Å². The number of carbonyl (C=O) groups excluding carboxylic acids is 2. The van der Waals surface area contributed by atoms with Crippen LogP contribution in [0.15, 0.2) is 24.3 Å². The minimum absolute atomic E-state index is 0.0457. The minimum Gasteiger partial charge on any atom is -0.368 e. The summed E-state index contributed by atoms with van der Waals surface area (Å²) in [5.74, 6) is -0.0913. The fourth-order valence-electron chi connectivity index (χ4n) is 2.88. The third-order valence-corrected chi connectivity index (χ3v) is 4.55. The summed E-state index contributed by atoms with van der Waals surface area (Å²) in [5.41, 5.74) is 1.54. The van der Waals surface area contributed by atoms with Crippen LogP contribution in [0.25, 0.3) is 0 Å². The molecule has 0 saturated heterocycles. The van der Waals surface area contributed by atoms with Crippen LogP contribution < -0.4 is 9.80 Å². The molecule has 1 aromatic carbocycles. The van der Waals surface area contributed by atoms with Crippen LogP contribution in [-0.2, 0) is 19.1 Å². The van der Waals surface area contributed by atoms with Gasteiger partial charge < -0.3 is 19.3 Å². The van der Waals surface area contributed by atoms with Crippen molar-refractivity contribution in [2.45, 2.75) is 37.9 Å². The van der Waals surface area contributed by atoms with Gasteiger partial charge >= 0.3 is 0 Å². The Morgan fingerprint density at radius 3 is 1.62 bits per heavy atom. The Morgan fingerprint density at radius 2 is 1.25 bits per heavy atom. The van der Waals surface area contributed by atoms with Gasteiger partial charge in [0.1, 0.15) is 13.2 Å². The molecule has 2 saturated carbocycles. The predicted molar refractivity (Wildman–Crippen MR) is 89.1 cm³/mol. The van der Waals surface area contributed by atoms with Crippen molar-refractivity contribution in [3.63, 3.8) is 0 Å². The number of carbonyl (C=O) groups is 2. The van der Waals surface area contributed by atoms with Gasteiger partial charge in [0.15, 0.2) is 0 Å². The molecule has 1 aromatic rings. The molecule has 128 valence electrons. The Kier molecular flexibility index (Phi) is 4.24. The molecule has 0 spiro atoms. The first-order chi connectivity index (χ1) is 11.7. The summed E-state index contributed by atoms with van der Waals surface area (Å²) in [6.45, 7) is 1.19. The molecule has 0 atom stereocenters. The molecule has 6 heteroatoms. The van der Waals surface area contributed by atoms with Crippen molar-refractivity contribution < 1.29 is 19.1 Å². The molecule has 0 radical (unpaired) electrons. The Labute approximate surface area is 141 Å². The van der Waals surface area contributed by atoms with E-state index in [2.05, 4.69) is 0 Å². The van der Waals surface area contributed by atoms with Crippen LogP contribution in [0.5, 0.6) is 0 Å². The number of nitrogens with zero attached hydrogens (tertiary/aromatic N) is 2. The van der Waals surface area contributed by atoms with Crippen LogP contribution in [0.2, 0.25) is 0 Å². The number of fused-ring (bicyclic) bond motifs is 1. The van der Waals surface area contributed by atoms with Crippen molar-refractivity contribution in [1.29, 1.82) is 0 Å². The molecule has 6 nitrogen and oxygen atoms in total. The van der Waals surface area contributed by atoms with Crippen molar-refractivity contribution in [3.8, 4) is 0 Å². The molecule has 2 amide bonds. The summed E-state index contributed by atoms with van der Waals surface area (Å²) >= 11 is 0. The molecule has 2 aliphatic carbocycles. The second-order valence-electron chi connectivity index (χ2n) is 6.60. The lowest BCUT2D eigenvalue weighted by molar-refractivity contribution is -0.125. The smallest absolute Gasteiger partial charge is 0.253 e. The van der Waals surface area contributed by atoms with E-state index >= 15 is 0 Å². The maximum absolute atomic E-state index is 12.5. The maximum Gasteiger partial charge on any atom is 0.253 e. The van der Waals surface area contributed by atoms with E-state index in [0.29, 0.717) is 13.1 Å². The number of para-hydroxylation sites is 2. The van der Waals surface area contributed by atoms with Gasteiger partial charge in [-0.2, -0.15) is 0 Å². The summed E-state index contributed by atoms with van der Waals surface area (Å²) in [6, 6.07) is 7.53. The second-order valence-corrected chi connectivity index (χ2v) is 6.60. The standard InChI is InChI=1S/C18H22N2O4/c21-17(11-23-13-5-6-13)19-9-10-20(16-4-2-1-3-15(16)19)18(22)12-24-14-7-8-14/h1-4,13-14H,5-12H2. The van der Waals surface area contributed by atoms with Crippen molar-refractivity contribution in [3.05, 3.63) is 24.3 Å². The highest BCUT2D eigenvalue weighted by molar-refractivity contribution is 6.04. The van der Waals surface area contributed by atoms with Gasteiger partial charge in [0.05, 0.1) is 23.6 Å². The first-order valence-corrected chi connectivity index (χ1v) is 8.65. The lowest BCUT2D eigenvalue weighted by atomic mass is 10.1. The van der Waals surface area contributed by atoms with Crippen LogP contribution in [0, 0.1) is 0 Å².